The van der Waals surface area contributed by atoms with Crippen molar-refractivity contribution in [2.45, 2.75) is 46.5 Å². The molecular weight excluding hydrogens is 187 g/mol. The zero-order chi connectivity index (χ0) is 10.8. The highest BCUT2D eigenvalue weighted by Crippen LogP contribution is 2.44. The van der Waals surface area contributed by atoms with E-state index < -0.39 is 0 Å². The highest BCUT2D eigenvalue weighted by molar-refractivity contribution is 7.55. The van der Waals surface area contributed by atoms with Gasteiger partial charge in [0.25, 0.3) is 0 Å². The van der Waals surface area contributed by atoms with E-state index in [1.165, 1.54) is 31.8 Å². The Balaban J connectivity index is 2.27. The second-order valence-corrected chi connectivity index (χ2v) is 8.94. The fraction of sp³-hybridized carbons (Fsp3) is 1.00. The topological polar surface area (TPSA) is 0 Å². The Bertz CT molecular complexity index is 167. The predicted octanol–water partition coefficient (Wildman–Crippen LogP) is 4.58. The Hall–Kier alpha value is 0.430. The van der Waals surface area contributed by atoms with Crippen molar-refractivity contribution >= 4 is 7.92 Å². The summed E-state index contributed by atoms with van der Waals surface area (Å²) in [5, 5.41) is 0. The van der Waals surface area contributed by atoms with Crippen molar-refractivity contribution in [2.75, 3.05) is 19.5 Å². The Labute approximate surface area is 91.6 Å². The third kappa shape index (κ3) is 3.89. The van der Waals surface area contributed by atoms with Gasteiger partial charge >= 0.3 is 0 Å². The molecule has 0 aliphatic heterocycles. The molecule has 0 radical (unpaired) electrons. The lowest BCUT2D eigenvalue weighted by Gasteiger charge is -2.27. The van der Waals surface area contributed by atoms with Gasteiger partial charge in [-0.05, 0) is 56.0 Å². The average molecular weight is 214 g/mol. The van der Waals surface area contributed by atoms with E-state index in [4.69, 9.17) is 0 Å². The van der Waals surface area contributed by atoms with Crippen LogP contribution >= 0.6 is 7.92 Å². The molecule has 0 spiro atoms. The van der Waals surface area contributed by atoms with Crippen molar-refractivity contribution < 1.29 is 0 Å². The van der Waals surface area contributed by atoms with Gasteiger partial charge in [-0.25, -0.2) is 0 Å². The van der Waals surface area contributed by atoms with Crippen LogP contribution in [0, 0.1) is 17.3 Å². The molecule has 1 rings (SSSR count). The van der Waals surface area contributed by atoms with Crippen molar-refractivity contribution in [3.63, 3.8) is 0 Å². The number of hydrogen-bond acceptors (Lipinski definition) is 0. The standard InChI is InChI=1S/C13H27P/c1-13(2,3)12-7-6-11(10-12)8-9-14(4)5/h11-12H,6-10H2,1-5H3. The molecule has 1 fully saturated rings. The predicted molar refractivity (Wildman–Crippen MR) is 68.5 cm³/mol. The lowest BCUT2D eigenvalue weighted by molar-refractivity contribution is 0.238. The Kier molecular flexibility index (Phi) is 4.44. The molecule has 0 heterocycles. The summed E-state index contributed by atoms with van der Waals surface area (Å²) in [6.07, 6.45) is 7.50. The maximum atomic E-state index is 2.41. The fourth-order valence-corrected chi connectivity index (χ4v) is 3.45. The molecule has 1 saturated carbocycles. The largest absolute Gasteiger partial charge is 0.113 e. The normalized spacial score (nSPS) is 28.7. The molecule has 2 atom stereocenters. The van der Waals surface area contributed by atoms with E-state index in [9.17, 15) is 0 Å². The van der Waals surface area contributed by atoms with Gasteiger partial charge in [-0.1, -0.05) is 27.2 Å². The maximum absolute atomic E-state index is 2.41. The Morgan fingerprint density at radius 3 is 2.21 bits per heavy atom. The van der Waals surface area contributed by atoms with Crippen LogP contribution in [0.1, 0.15) is 46.5 Å². The molecule has 0 nitrogen and oxygen atoms in total. The van der Waals surface area contributed by atoms with E-state index >= 15 is 0 Å². The van der Waals surface area contributed by atoms with Crippen molar-refractivity contribution in [1.29, 1.82) is 0 Å². The lowest BCUT2D eigenvalue weighted by atomic mass is 9.79. The molecule has 1 heteroatoms. The van der Waals surface area contributed by atoms with Crippen LogP contribution in [0.4, 0.5) is 0 Å². The monoisotopic (exact) mass is 214 g/mol. The first kappa shape index (κ1) is 12.5. The number of rotatable bonds is 3. The quantitative estimate of drug-likeness (QED) is 0.603. The van der Waals surface area contributed by atoms with Gasteiger partial charge < -0.3 is 0 Å². The van der Waals surface area contributed by atoms with Gasteiger partial charge in [-0.2, -0.15) is 0 Å². The smallest absolute Gasteiger partial charge is 0.0328 e. The molecule has 0 amide bonds. The van der Waals surface area contributed by atoms with E-state index in [0.717, 1.165) is 11.8 Å². The lowest BCUT2D eigenvalue weighted by Crippen LogP contribution is -2.17. The van der Waals surface area contributed by atoms with Crippen LogP contribution in [0.25, 0.3) is 0 Å². The number of hydrogen-bond donors (Lipinski definition) is 0. The molecule has 0 aromatic heterocycles. The summed E-state index contributed by atoms with van der Waals surface area (Å²) in [4.78, 5) is 0. The molecule has 14 heavy (non-hydrogen) atoms. The molecule has 2 unspecified atom stereocenters. The minimum Gasteiger partial charge on any atom is -0.113 e. The van der Waals surface area contributed by atoms with Crippen LogP contribution < -0.4 is 0 Å². The van der Waals surface area contributed by atoms with Crippen molar-refractivity contribution in [1.82, 2.24) is 0 Å². The summed E-state index contributed by atoms with van der Waals surface area (Å²) in [7, 11) is 0.341. The molecule has 84 valence electrons. The molecule has 1 aliphatic carbocycles. The first-order valence-corrected chi connectivity index (χ1v) is 8.46. The highest BCUT2D eigenvalue weighted by Gasteiger charge is 2.32. The molecule has 0 aromatic rings. The van der Waals surface area contributed by atoms with E-state index in [-0.39, 0.29) is 0 Å². The molecule has 0 aromatic carbocycles. The van der Waals surface area contributed by atoms with E-state index in [0.29, 0.717) is 13.3 Å². The highest BCUT2D eigenvalue weighted by atomic mass is 31.1. The Morgan fingerprint density at radius 1 is 1.14 bits per heavy atom. The molecule has 0 N–H and O–H groups in total. The summed E-state index contributed by atoms with van der Waals surface area (Å²) >= 11 is 0. The van der Waals surface area contributed by atoms with E-state index in [2.05, 4.69) is 34.1 Å². The minimum atomic E-state index is 0.341. The van der Waals surface area contributed by atoms with Crippen LogP contribution in [0.3, 0.4) is 0 Å². The van der Waals surface area contributed by atoms with Crippen LogP contribution in [0.5, 0.6) is 0 Å². The summed E-state index contributed by atoms with van der Waals surface area (Å²) in [5.74, 6) is 2.05. The molecule has 1 aliphatic rings. The first-order chi connectivity index (χ1) is 6.39. The third-order valence-corrected chi connectivity index (χ3v) is 4.90. The van der Waals surface area contributed by atoms with Crippen LogP contribution in [0.2, 0.25) is 0 Å². The van der Waals surface area contributed by atoms with Crippen molar-refractivity contribution in [3.8, 4) is 0 Å². The van der Waals surface area contributed by atoms with Gasteiger partial charge in [-0.3, -0.25) is 0 Å². The van der Waals surface area contributed by atoms with Crippen LogP contribution in [-0.4, -0.2) is 19.5 Å². The summed E-state index contributed by atoms with van der Waals surface area (Å²) in [6, 6.07) is 0. The fourth-order valence-electron chi connectivity index (χ4n) is 2.56. The van der Waals surface area contributed by atoms with Gasteiger partial charge in [0.2, 0.25) is 0 Å². The third-order valence-electron chi connectivity index (χ3n) is 3.75. The molecule has 0 bridgehead atoms. The minimum absolute atomic E-state index is 0.341. The van der Waals surface area contributed by atoms with Gasteiger partial charge in [0.15, 0.2) is 0 Å². The van der Waals surface area contributed by atoms with Crippen LogP contribution in [-0.2, 0) is 0 Å². The first-order valence-electron chi connectivity index (χ1n) is 6.04. The molecule has 0 saturated heterocycles. The second-order valence-electron chi connectivity index (χ2n) is 6.33. The van der Waals surface area contributed by atoms with Crippen molar-refractivity contribution in [2.24, 2.45) is 17.3 Å². The Morgan fingerprint density at radius 2 is 1.79 bits per heavy atom. The SMILES string of the molecule is CP(C)CCC1CCC(C(C)(C)C)C1. The van der Waals surface area contributed by atoms with Gasteiger partial charge in [-0.15, -0.1) is 7.92 Å². The zero-order valence-electron chi connectivity index (χ0n) is 10.6. The average Bonchev–Trinajstić information content (AvgIpc) is 2.47. The van der Waals surface area contributed by atoms with E-state index in [1.807, 2.05) is 0 Å². The maximum Gasteiger partial charge on any atom is -0.0328 e. The van der Waals surface area contributed by atoms with Gasteiger partial charge in [0.05, 0.1) is 0 Å². The zero-order valence-corrected chi connectivity index (χ0v) is 11.5. The summed E-state index contributed by atoms with van der Waals surface area (Å²) < 4.78 is 0. The summed E-state index contributed by atoms with van der Waals surface area (Å²) in [5.41, 5.74) is 0.553. The molecular formula is C13H27P. The van der Waals surface area contributed by atoms with E-state index in [1.54, 1.807) is 0 Å². The van der Waals surface area contributed by atoms with Crippen molar-refractivity contribution in [3.05, 3.63) is 0 Å². The summed E-state index contributed by atoms with van der Waals surface area (Å²) in [6.45, 7) is 12.0. The second kappa shape index (κ2) is 4.97. The van der Waals surface area contributed by atoms with Gasteiger partial charge in [0.1, 0.15) is 0 Å². The van der Waals surface area contributed by atoms with Crippen LogP contribution in [0.15, 0.2) is 0 Å². The van der Waals surface area contributed by atoms with Gasteiger partial charge in [0, 0.05) is 0 Å².